The first-order chi connectivity index (χ1) is 14.4. The first-order valence-electron chi connectivity index (χ1n) is 10.6. The molecule has 0 unspecified atom stereocenters. The third-order valence-corrected chi connectivity index (χ3v) is 6.41. The SMILES string of the molecule is c1cc(N2CCOCC2)ccc1-c1nc2ccc3[nH]ncc3c2c2c1CCCC2. The molecule has 1 fully saturated rings. The van der Waals surface area contributed by atoms with E-state index in [0.29, 0.717) is 0 Å². The number of fused-ring (bicyclic) bond motifs is 5. The number of pyridine rings is 1. The van der Waals surface area contributed by atoms with Crippen molar-refractivity contribution in [2.24, 2.45) is 0 Å². The van der Waals surface area contributed by atoms with E-state index in [1.807, 2.05) is 6.20 Å². The zero-order chi connectivity index (χ0) is 19.2. The minimum absolute atomic E-state index is 0.809. The van der Waals surface area contributed by atoms with E-state index in [0.717, 1.165) is 55.9 Å². The molecule has 1 aliphatic heterocycles. The van der Waals surface area contributed by atoms with Crippen LogP contribution in [-0.2, 0) is 17.6 Å². The van der Waals surface area contributed by atoms with Crippen LogP contribution in [0.15, 0.2) is 42.6 Å². The van der Waals surface area contributed by atoms with E-state index in [1.165, 1.54) is 46.0 Å². The number of hydrogen-bond donors (Lipinski definition) is 1. The molecule has 6 rings (SSSR count). The van der Waals surface area contributed by atoms with Gasteiger partial charge in [0.15, 0.2) is 0 Å². The maximum absolute atomic E-state index is 5.48. The van der Waals surface area contributed by atoms with Gasteiger partial charge in [-0.05, 0) is 61.1 Å². The number of aromatic amines is 1. The monoisotopic (exact) mass is 384 g/mol. The molecule has 5 heteroatoms. The topological polar surface area (TPSA) is 54.0 Å². The predicted octanol–water partition coefficient (Wildman–Crippen LogP) is 4.49. The summed E-state index contributed by atoms with van der Waals surface area (Å²) in [6.45, 7) is 3.54. The summed E-state index contributed by atoms with van der Waals surface area (Å²) < 4.78 is 5.48. The number of benzene rings is 2. The summed E-state index contributed by atoms with van der Waals surface area (Å²) in [5.41, 5.74) is 8.71. The zero-order valence-corrected chi connectivity index (χ0v) is 16.4. The smallest absolute Gasteiger partial charge is 0.0744 e. The largest absolute Gasteiger partial charge is 0.378 e. The van der Waals surface area contributed by atoms with Crippen LogP contribution in [0.1, 0.15) is 24.0 Å². The summed E-state index contributed by atoms with van der Waals surface area (Å²) in [5, 5.41) is 9.87. The molecule has 1 aliphatic carbocycles. The van der Waals surface area contributed by atoms with Crippen LogP contribution in [0.25, 0.3) is 33.1 Å². The minimum atomic E-state index is 0.809. The Hall–Kier alpha value is -2.92. The number of aryl methyl sites for hydroxylation is 1. The maximum atomic E-state index is 5.48. The van der Waals surface area contributed by atoms with Crippen LogP contribution >= 0.6 is 0 Å². The van der Waals surface area contributed by atoms with Crippen molar-refractivity contribution in [2.75, 3.05) is 31.2 Å². The van der Waals surface area contributed by atoms with Crippen molar-refractivity contribution in [2.45, 2.75) is 25.7 Å². The molecule has 29 heavy (non-hydrogen) atoms. The molecule has 0 amide bonds. The summed E-state index contributed by atoms with van der Waals surface area (Å²) in [4.78, 5) is 7.55. The van der Waals surface area contributed by atoms with E-state index in [2.05, 4.69) is 51.5 Å². The van der Waals surface area contributed by atoms with E-state index >= 15 is 0 Å². The number of hydrogen-bond acceptors (Lipinski definition) is 4. The fourth-order valence-corrected chi connectivity index (χ4v) is 4.94. The van der Waals surface area contributed by atoms with Gasteiger partial charge in [0.05, 0.1) is 36.1 Å². The lowest BCUT2D eigenvalue weighted by molar-refractivity contribution is 0.122. The number of nitrogens with one attached hydrogen (secondary N) is 1. The van der Waals surface area contributed by atoms with E-state index in [-0.39, 0.29) is 0 Å². The Kier molecular flexibility index (Phi) is 4.01. The normalized spacial score (nSPS) is 17.0. The molecule has 2 aromatic heterocycles. The van der Waals surface area contributed by atoms with Gasteiger partial charge in [-0.3, -0.25) is 5.10 Å². The second kappa shape index (κ2) is 6.85. The van der Waals surface area contributed by atoms with Crippen LogP contribution in [0.4, 0.5) is 5.69 Å². The number of nitrogens with zero attached hydrogens (tertiary/aromatic N) is 3. The van der Waals surface area contributed by atoms with Crippen molar-refractivity contribution in [3.8, 4) is 11.3 Å². The Morgan fingerprint density at radius 3 is 2.52 bits per heavy atom. The maximum Gasteiger partial charge on any atom is 0.0744 e. The van der Waals surface area contributed by atoms with Crippen molar-refractivity contribution < 1.29 is 4.74 Å². The first-order valence-corrected chi connectivity index (χ1v) is 10.6. The summed E-state index contributed by atoms with van der Waals surface area (Å²) >= 11 is 0. The number of morpholine rings is 1. The molecule has 2 aliphatic rings. The Morgan fingerprint density at radius 1 is 0.897 bits per heavy atom. The highest BCUT2D eigenvalue weighted by molar-refractivity contribution is 6.07. The van der Waals surface area contributed by atoms with Gasteiger partial charge in [0.1, 0.15) is 0 Å². The molecule has 0 bridgehead atoms. The van der Waals surface area contributed by atoms with Crippen LogP contribution in [0.5, 0.6) is 0 Å². The van der Waals surface area contributed by atoms with E-state index in [1.54, 1.807) is 0 Å². The Morgan fingerprint density at radius 2 is 1.69 bits per heavy atom. The Bertz CT molecular complexity index is 1190. The van der Waals surface area contributed by atoms with Crippen LogP contribution < -0.4 is 4.90 Å². The van der Waals surface area contributed by atoms with Gasteiger partial charge >= 0.3 is 0 Å². The van der Waals surface area contributed by atoms with Gasteiger partial charge in [-0.1, -0.05) is 12.1 Å². The van der Waals surface area contributed by atoms with Crippen molar-refractivity contribution >= 4 is 27.5 Å². The molecule has 0 saturated carbocycles. The molecule has 2 aromatic carbocycles. The molecule has 3 heterocycles. The summed E-state index contributed by atoms with van der Waals surface area (Å²) in [5.74, 6) is 0. The second-order valence-corrected chi connectivity index (χ2v) is 8.06. The van der Waals surface area contributed by atoms with Crippen molar-refractivity contribution in [3.63, 3.8) is 0 Å². The van der Waals surface area contributed by atoms with Gasteiger partial charge in [0, 0.05) is 35.1 Å². The zero-order valence-electron chi connectivity index (χ0n) is 16.4. The van der Waals surface area contributed by atoms with Gasteiger partial charge in [-0.25, -0.2) is 4.98 Å². The number of H-pyrrole nitrogens is 1. The van der Waals surface area contributed by atoms with Gasteiger partial charge in [0.2, 0.25) is 0 Å². The number of ether oxygens (including phenoxy) is 1. The highest BCUT2D eigenvalue weighted by Crippen LogP contribution is 2.38. The lowest BCUT2D eigenvalue weighted by Gasteiger charge is -2.29. The van der Waals surface area contributed by atoms with Crippen LogP contribution in [0.3, 0.4) is 0 Å². The molecule has 4 aromatic rings. The lowest BCUT2D eigenvalue weighted by atomic mass is 9.85. The van der Waals surface area contributed by atoms with Crippen LogP contribution in [0.2, 0.25) is 0 Å². The molecule has 0 atom stereocenters. The highest BCUT2D eigenvalue weighted by atomic mass is 16.5. The molecule has 0 radical (unpaired) electrons. The van der Waals surface area contributed by atoms with Crippen molar-refractivity contribution in [3.05, 3.63) is 53.7 Å². The Labute approximate surface area is 169 Å². The van der Waals surface area contributed by atoms with Gasteiger partial charge in [-0.15, -0.1) is 0 Å². The van der Waals surface area contributed by atoms with Gasteiger partial charge in [0.25, 0.3) is 0 Å². The highest BCUT2D eigenvalue weighted by Gasteiger charge is 2.21. The van der Waals surface area contributed by atoms with Crippen molar-refractivity contribution in [1.29, 1.82) is 0 Å². The molecule has 1 N–H and O–H groups in total. The second-order valence-electron chi connectivity index (χ2n) is 8.06. The standard InChI is InChI=1S/C24H24N4O/c1-2-4-19-18(3-1)23-20-15-25-27-21(20)9-10-22(23)26-24(19)16-5-7-17(8-6-16)28-11-13-29-14-12-28/h5-10,15H,1-4,11-14H2,(H,25,27). The first kappa shape index (κ1) is 17.0. The molecular formula is C24H24N4O. The molecular weight excluding hydrogens is 360 g/mol. The number of anilines is 1. The minimum Gasteiger partial charge on any atom is -0.378 e. The van der Waals surface area contributed by atoms with Crippen LogP contribution in [-0.4, -0.2) is 41.5 Å². The molecule has 1 saturated heterocycles. The third-order valence-electron chi connectivity index (χ3n) is 6.41. The molecule has 146 valence electrons. The average Bonchev–Trinajstić information content (AvgIpc) is 3.28. The molecule has 5 nitrogen and oxygen atoms in total. The summed E-state index contributed by atoms with van der Waals surface area (Å²) in [6, 6.07) is 13.2. The fourth-order valence-electron chi connectivity index (χ4n) is 4.94. The summed E-state index contributed by atoms with van der Waals surface area (Å²) in [7, 11) is 0. The number of rotatable bonds is 2. The lowest BCUT2D eigenvalue weighted by Crippen LogP contribution is -2.36. The average molecular weight is 384 g/mol. The fraction of sp³-hybridized carbons (Fsp3) is 0.333. The van der Waals surface area contributed by atoms with Gasteiger partial charge in [-0.2, -0.15) is 5.10 Å². The Balaban J connectivity index is 1.50. The van der Waals surface area contributed by atoms with E-state index in [9.17, 15) is 0 Å². The van der Waals surface area contributed by atoms with Crippen molar-refractivity contribution in [1.82, 2.24) is 15.2 Å². The molecule has 0 spiro atoms. The quantitative estimate of drug-likeness (QED) is 0.553. The van der Waals surface area contributed by atoms with Gasteiger partial charge < -0.3 is 9.64 Å². The van der Waals surface area contributed by atoms with E-state index < -0.39 is 0 Å². The number of aromatic nitrogens is 3. The summed E-state index contributed by atoms with van der Waals surface area (Å²) in [6.07, 6.45) is 6.66. The van der Waals surface area contributed by atoms with Crippen LogP contribution in [0, 0.1) is 0 Å². The third kappa shape index (κ3) is 2.80. The van der Waals surface area contributed by atoms with E-state index in [4.69, 9.17) is 9.72 Å². The predicted molar refractivity (Wildman–Crippen MR) is 117 cm³/mol.